The molecule has 1 saturated heterocycles. The van der Waals surface area contributed by atoms with Crippen LogP contribution in [0.1, 0.15) is 47.2 Å². The Bertz CT molecular complexity index is 708. The van der Waals surface area contributed by atoms with E-state index in [0.29, 0.717) is 12.6 Å². The first-order chi connectivity index (χ1) is 11.5. The van der Waals surface area contributed by atoms with Crippen LogP contribution >= 0.6 is 0 Å². The van der Waals surface area contributed by atoms with Gasteiger partial charge in [0.05, 0.1) is 17.8 Å². The number of pyridine rings is 1. The van der Waals surface area contributed by atoms with Crippen LogP contribution in [0, 0.1) is 13.8 Å². The van der Waals surface area contributed by atoms with Gasteiger partial charge in [-0.25, -0.2) is 0 Å². The molecule has 0 aromatic carbocycles. The molecule has 3 rings (SSSR count). The molecule has 1 fully saturated rings. The van der Waals surface area contributed by atoms with Crippen molar-refractivity contribution in [3.05, 3.63) is 53.1 Å². The van der Waals surface area contributed by atoms with Crippen LogP contribution in [0.25, 0.3) is 0 Å². The number of nitrogens with zero attached hydrogens (tertiary/aromatic N) is 2. The molecule has 2 unspecified atom stereocenters. The van der Waals surface area contributed by atoms with Gasteiger partial charge in [-0.2, -0.15) is 0 Å². The van der Waals surface area contributed by atoms with Crippen molar-refractivity contribution in [2.75, 3.05) is 6.54 Å². The number of piperidine rings is 1. The summed E-state index contributed by atoms with van der Waals surface area (Å²) in [6.07, 6.45) is 3.77. The number of hydrogen-bond acceptors (Lipinski definition) is 3. The average Bonchev–Trinajstić information content (AvgIpc) is 2.84. The van der Waals surface area contributed by atoms with Gasteiger partial charge in [0.15, 0.2) is 0 Å². The van der Waals surface area contributed by atoms with Crippen LogP contribution in [0.15, 0.2) is 30.5 Å². The Morgan fingerprint density at radius 2 is 2.25 bits per heavy atom. The van der Waals surface area contributed by atoms with Crippen molar-refractivity contribution in [1.29, 1.82) is 0 Å². The van der Waals surface area contributed by atoms with Gasteiger partial charge in [-0.05, 0) is 58.4 Å². The van der Waals surface area contributed by atoms with Crippen LogP contribution in [0.3, 0.4) is 0 Å². The Balaban J connectivity index is 1.74. The largest absolute Gasteiger partial charge is 0.349 e. The Morgan fingerprint density at radius 3 is 2.96 bits per heavy atom. The van der Waals surface area contributed by atoms with Gasteiger partial charge in [-0.1, -0.05) is 6.07 Å². The maximum atomic E-state index is 12.7. The summed E-state index contributed by atoms with van der Waals surface area (Å²) in [6.45, 7) is 7.87. The Kier molecular flexibility index (Phi) is 5.00. The van der Waals surface area contributed by atoms with Crippen LogP contribution in [0.2, 0.25) is 0 Å². The van der Waals surface area contributed by atoms with Gasteiger partial charge in [-0.3, -0.25) is 9.78 Å². The van der Waals surface area contributed by atoms with Crippen LogP contribution in [0.4, 0.5) is 0 Å². The minimum Gasteiger partial charge on any atom is -0.349 e. The predicted molar refractivity (Wildman–Crippen MR) is 95.2 cm³/mol. The molecule has 2 atom stereocenters. The lowest BCUT2D eigenvalue weighted by molar-refractivity contribution is 0.0925. The summed E-state index contributed by atoms with van der Waals surface area (Å²) in [6, 6.07) is 8.61. The van der Waals surface area contributed by atoms with Crippen molar-refractivity contribution >= 4 is 5.91 Å². The van der Waals surface area contributed by atoms with E-state index in [-0.39, 0.29) is 11.9 Å². The SMILES string of the molecule is Cc1cc(C(=O)NC2CCNC(C)C2)c(C)n1Cc1ccccn1. The van der Waals surface area contributed by atoms with Gasteiger partial charge < -0.3 is 15.2 Å². The molecule has 5 nitrogen and oxygen atoms in total. The highest BCUT2D eigenvalue weighted by Gasteiger charge is 2.22. The van der Waals surface area contributed by atoms with Gasteiger partial charge in [0.2, 0.25) is 0 Å². The van der Waals surface area contributed by atoms with E-state index < -0.39 is 0 Å². The third kappa shape index (κ3) is 3.67. The summed E-state index contributed by atoms with van der Waals surface area (Å²) in [7, 11) is 0. The molecular formula is C19H26N4O. The number of carbonyl (C=O) groups is 1. The molecule has 0 spiro atoms. The molecule has 2 N–H and O–H groups in total. The van der Waals surface area contributed by atoms with Crippen LogP contribution in [0.5, 0.6) is 0 Å². The summed E-state index contributed by atoms with van der Waals surface area (Å²) in [4.78, 5) is 17.1. The number of carbonyl (C=O) groups excluding carboxylic acids is 1. The predicted octanol–water partition coefficient (Wildman–Crippen LogP) is 2.42. The van der Waals surface area contributed by atoms with Crippen molar-refractivity contribution in [1.82, 2.24) is 20.2 Å². The van der Waals surface area contributed by atoms with Gasteiger partial charge in [-0.15, -0.1) is 0 Å². The number of nitrogens with one attached hydrogen (secondary N) is 2. The van der Waals surface area contributed by atoms with E-state index in [4.69, 9.17) is 0 Å². The normalized spacial score (nSPS) is 20.8. The highest BCUT2D eigenvalue weighted by atomic mass is 16.1. The van der Waals surface area contributed by atoms with E-state index in [1.165, 1.54) is 0 Å². The topological polar surface area (TPSA) is 59.0 Å². The fourth-order valence-electron chi connectivity index (χ4n) is 3.45. The second-order valence-corrected chi connectivity index (χ2v) is 6.74. The summed E-state index contributed by atoms with van der Waals surface area (Å²) in [5.41, 5.74) is 3.85. The molecule has 128 valence electrons. The number of amides is 1. The van der Waals surface area contributed by atoms with E-state index in [0.717, 1.165) is 42.0 Å². The van der Waals surface area contributed by atoms with Crippen molar-refractivity contribution in [3.63, 3.8) is 0 Å². The van der Waals surface area contributed by atoms with Crippen molar-refractivity contribution in [3.8, 4) is 0 Å². The van der Waals surface area contributed by atoms with Crippen molar-refractivity contribution in [2.24, 2.45) is 0 Å². The third-order valence-corrected chi connectivity index (χ3v) is 4.82. The number of rotatable bonds is 4. The lowest BCUT2D eigenvalue weighted by Gasteiger charge is -2.28. The molecule has 0 bridgehead atoms. The van der Waals surface area contributed by atoms with E-state index >= 15 is 0 Å². The molecule has 2 aromatic heterocycles. The van der Waals surface area contributed by atoms with Gasteiger partial charge in [0, 0.05) is 29.7 Å². The lowest BCUT2D eigenvalue weighted by Crippen LogP contribution is -2.46. The molecule has 1 aliphatic heterocycles. The van der Waals surface area contributed by atoms with E-state index in [9.17, 15) is 4.79 Å². The monoisotopic (exact) mass is 326 g/mol. The van der Waals surface area contributed by atoms with E-state index in [1.807, 2.05) is 38.1 Å². The average molecular weight is 326 g/mol. The Hall–Kier alpha value is -2.14. The summed E-state index contributed by atoms with van der Waals surface area (Å²) < 4.78 is 2.16. The van der Waals surface area contributed by atoms with Gasteiger partial charge in [0.25, 0.3) is 5.91 Å². The smallest absolute Gasteiger partial charge is 0.253 e. The zero-order chi connectivity index (χ0) is 17.1. The molecule has 0 radical (unpaired) electrons. The molecule has 0 saturated carbocycles. The highest BCUT2D eigenvalue weighted by Crippen LogP contribution is 2.18. The first-order valence-corrected chi connectivity index (χ1v) is 8.65. The molecule has 0 aliphatic carbocycles. The number of aromatic nitrogens is 2. The molecule has 1 aliphatic rings. The lowest BCUT2D eigenvalue weighted by atomic mass is 10.0. The van der Waals surface area contributed by atoms with Crippen molar-refractivity contribution < 1.29 is 4.79 Å². The summed E-state index contributed by atoms with van der Waals surface area (Å²) in [5, 5.41) is 6.62. The van der Waals surface area contributed by atoms with Gasteiger partial charge in [0.1, 0.15) is 0 Å². The second kappa shape index (κ2) is 7.18. The zero-order valence-corrected chi connectivity index (χ0v) is 14.7. The van der Waals surface area contributed by atoms with Crippen LogP contribution in [-0.2, 0) is 6.54 Å². The number of aryl methyl sites for hydroxylation is 1. The molecule has 24 heavy (non-hydrogen) atoms. The van der Waals surface area contributed by atoms with Crippen LogP contribution < -0.4 is 10.6 Å². The zero-order valence-electron chi connectivity index (χ0n) is 14.7. The Labute approximate surface area is 143 Å². The first-order valence-electron chi connectivity index (χ1n) is 8.65. The Morgan fingerprint density at radius 1 is 1.42 bits per heavy atom. The third-order valence-electron chi connectivity index (χ3n) is 4.82. The summed E-state index contributed by atoms with van der Waals surface area (Å²) in [5.74, 6) is 0.0365. The standard InChI is InChI=1S/C19H26N4O/c1-13-10-16(7-9-20-13)22-19(24)18-11-14(2)23(15(18)3)12-17-6-4-5-8-21-17/h4-6,8,11,13,16,20H,7,9-10,12H2,1-3H3,(H,22,24). The molecule has 1 amide bonds. The van der Waals surface area contributed by atoms with Gasteiger partial charge >= 0.3 is 0 Å². The van der Waals surface area contributed by atoms with Crippen molar-refractivity contribution in [2.45, 2.75) is 52.2 Å². The quantitative estimate of drug-likeness (QED) is 0.907. The minimum atomic E-state index is 0.0365. The molecule has 3 heterocycles. The molecule has 2 aromatic rings. The molecule has 5 heteroatoms. The minimum absolute atomic E-state index is 0.0365. The van der Waals surface area contributed by atoms with E-state index in [1.54, 1.807) is 6.20 Å². The maximum Gasteiger partial charge on any atom is 0.253 e. The highest BCUT2D eigenvalue weighted by molar-refractivity contribution is 5.95. The van der Waals surface area contributed by atoms with E-state index in [2.05, 4.69) is 27.1 Å². The maximum absolute atomic E-state index is 12.7. The fraction of sp³-hybridized carbons (Fsp3) is 0.474. The van der Waals surface area contributed by atoms with Crippen LogP contribution in [-0.4, -0.2) is 34.1 Å². The molecular weight excluding hydrogens is 300 g/mol. The first kappa shape index (κ1) is 16.7. The fourth-order valence-corrected chi connectivity index (χ4v) is 3.45. The summed E-state index contributed by atoms with van der Waals surface area (Å²) >= 11 is 0. The number of hydrogen-bond donors (Lipinski definition) is 2. The second-order valence-electron chi connectivity index (χ2n) is 6.74.